The molecular weight excluding hydrogens is 1110 g/mol. The Morgan fingerprint density at radius 3 is 1.34 bits per heavy atom. The standard InChI is InChI=1S/C42H36N4.C40H37N5/c43-38-10-9-32-21-31-8-5-28(17-33(31)22-34(32)24-38)15-26-1-3-27(4-2-26)16-29-6-12-40(45)35(18-29)19-30-7-13-41-36(20-30)23-37-25-39(44)11-14-42(37)46-41;41-34-9-14-37(15-10-34)44-36-12-5-28(6-13-36)21-31-22-29(7-16-38(31)43)19-26-1-3-27(4-2-26)20-30-8-17-39-32(23-30)24-33-25-35(42)11-18-40(33)45-39/h1-14,17-18,20,23-25H,15-16,19,21-22,43-45H2;1,3-18,22-26,44H,2,19-21,41-43H2. The molecule has 0 radical (unpaired) electrons. The van der Waals surface area contributed by atoms with Gasteiger partial charge in [0.25, 0.3) is 0 Å². The summed E-state index contributed by atoms with van der Waals surface area (Å²) >= 11 is 0. The zero-order valence-corrected chi connectivity index (χ0v) is 51.0. The third kappa shape index (κ3) is 13.6. The Labute approximate surface area is 531 Å². The SMILES string of the molecule is Nc1ccc(Nc2ccc(Cc3cc(CC4C=CC(Cc5ccc6nc7ccc(N)cc7cc6c5)=CC4)ccc3N)cc2)cc1.Nc1ccc2c(c1)Cc1cc(Cc3ccc(Cc4ccc(N)c(Cc5ccc6nc7ccc(N)cc7cc6c5)c4)cc3)ccc1C2. The molecule has 13 N–H and O–H groups in total. The minimum absolute atomic E-state index is 0.474. The minimum Gasteiger partial charge on any atom is -0.399 e. The summed E-state index contributed by atoms with van der Waals surface area (Å²) in [6.07, 6.45) is 15.3. The maximum Gasteiger partial charge on any atom is 0.0711 e. The number of allylic oxidation sites excluding steroid dienone is 4. The van der Waals surface area contributed by atoms with E-state index >= 15 is 0 Å². The van der Waals surface area contributed by atoms with Crippen molar-refractivity contribution in [2.24, 2.45) is 5.92 Å². The van der Waals surface area contributed by atoms with E-state index in [-0.39, 0.29) is 0 Å². The lowest BCUT2D eigenvalue weighted by atomic mass is 9.84. The number of pyridine rings is 2. The Kier molecular flexibility index (Phi) is 15.9. The number of fused-ring (bicyclic) bond motifs is 6. The van der Waals surface area contributed by atoms with E-state index in [1.165, 1.54) is 77.9 Å². The van der Waals surface area contributed by atoms with E-state index < -0.39 is 0 Å². The fourth-order valence-corrected chi connectivity index (χ4v) is 13.1. The molecule has 11 aromatic carbocycles. The summed E-state index contributed by atoms with van der Waals surface area (Å²) < 4.78 is 0. The predicted molar refractivity (Wildman–Crippen MR) is 383 cm³/mol. The largest absolute Gasteiger partial charge is 0.399 e. The van der Waals surface area contributed by atoms with E-state index in [2.05, 4.69) is 181 Å². The molecule has 0 amide bonds. The molecule has 2 aromatic heterocycles. The molecule has 446 valence electrons. The second kappa shape index (κ2) is 25.1. The number of hydrogen-bond donors (Lipinski definition) is 7. The zero-order chi connectivity index (χ0) is 62.0. The molecule has 2 heterocycles. The van der Waals surface area contributed by atoms with E-state index in [0.29, 0.717) is 5.92 Å². The number of anilines is 8. The highest BCUT2D eigenvalue weighted by atomic mass is 14.9. The highest BCUT2D eigenvalue weighted by Crippen LogP contribution is 2.33. The fourth-order valence-electron chi connectivity index (χ4n) is 13.1. The van der Waals surface area contributed by atoms with Crippen LogP contribution in [-0.2, 0) is 51.4 Å². The van der Waals surface area contributed by atoms with Gasteiger partial charge in [-0.25, -0.2) is 9.97 Å². The Bertz CT molecular complexity index is 4950. The van der Waals surface area contributed by atoms with E-state index in [4.69, 9.17) is 44.4 Å². The van der Waals surface area contributed by atoms with Gasteiger partial charge in [0.15, 0.2) is 0 Å². The lowest BCUT2D eigenvalue weighted by molar-refractivity contribution is 0.647. The van der Waals surface area contributed by atoms with Crippen LogP contribution in [0.5, 0.6) is 0 Å². The second-order valence-electron chi connectivity index (χ2n) is 25.0. The monoisotopic (exact) mass is 1180 g/mol. The van der Waals surface area contributed by atoms with Crippen molar-refractivity contribution in [1.29, 1.82) is 0 Å². The number of hydrogen-bond acceptors (Lipinski definition) is 9. The fraction of sp³-hybridized carbons (Fsp3) is 0.122. The van der Waals surface area contributed by atoms with E-state index in [9.17, 15) is 0 Å². The minimum atomic E-state index is 0.474. The van der Waals surface area contributed by atoms with Crippen molar-refractivity contribution in [3.8, 4) is 0 Å². The smallest absolute Gasteiger partial charge is 0.0711 e. The first kappa shape index (κ1) is 57.6. The number of nitrogen functional groups attached to an aromatic ring is 6. The molecule has 9 nitrogen and oxygen atoms in total. The van der Waals surface area contributed by atoms with Crippen molar-refractivity contribution in [2.45, 2.75) is 57.8 Å². The van der Waals surface area contributed by atoms with Crippen LogP contribution >= 0.6 is 0 Å². The zero-order valence-electron chi connectivity index (χ0n) is 51.0. The summed E-state index contributed by atoms with van der Waals surface area (Å²) in [4.78, 5) is 9.63. The first-order valence-corrected chi connectivity index (χ1v) is 31.4. The topological polar surface area (TPSA) is 194 Å². The van der Waals surface area contributed by atoms with Crippen LogP contribution in [0, 0.1) is 5.92 Å². The molecule has 0 aliphatic heterocycles. The number of nitrogens with zero attached hydrogens (tertiary/aromatic N) is 2. The van der Waals surface area contributed by atoms with Gasteiger partial charge in [-0.1, -0.05) is 115 Å². The highest BCUT2D eigenvalue weighted by molar-refractivity contribution is 5.95. The van der Waals surface area contributed by atoms with Crippen LogP contribution in [-0.4, -0.2) is 9.97 Å². The van der Waals surface area contributed by atoms with Crippen molar-refractivity contribution in [3.63, 3.8) is 0 Å². The molecule has 15 rings (SSSR count). The normalized spacial score (nSPS) is 13.4. The predicted octanol–water partition coefficient (Wildman–Crippen LogP) is 17.2. The maximum atomic E-state index is 6.47. The lowest BCUT2D eigenvalue weighted by Gasteiger charge is -2.21. The van der Waals surface area contributed by atoms with Gasteiger partial charge in [-0.2, -0.15) is 0 Å². The molecule has 9 heteroatoms. The molecule has 0 bridgehead atoms. The van der Waals surface area contributed by atoms with Crippen LogP contribution < -0.4 is 39.7 Å². The van der Waals surface area contributed by atoms with Gasteiger partial charge in [-0.15, -0.1) is 0 Å². The van der Waals surface area contributed by atoms with Crippen molar-refractivity contribution in [3.05, 3.63) is 332 Å². The first-order valence-electron chi connectivity index (χ1n) is 31.4. The van der Waals surface area contributed by atoms with Gasteiger partial charge in [-0.3, -0.25) is 0 Å². The van der Waals surface area contributed by atoms with Gasteiger partial charge in [-0.05, 0) is 281 Å². The van der Waals surface area contributed by atoms with Crippen molar-refractivity contribution in [2.75, 3.05) is 39.7 Å². The Hall–Kier alpha value is -11.2. The summed E-state index contributed by atoms with van der Waals surface area (Å²) in [5.74, 6) is 0.474. The summed E-state index contributed by atoms with van der Waals surface area (Å²) in [5.41, 5.74) is 67.1. The van der Waals surface area contributed by atoms with Crippen LogP contribution in [0.1, 0.15) is 84.3 Å². The molecule has 13 aromatic rings. The summed E-state index contributed by atoms with van der Waals surface area (Å²) in [6, 6.07) is 80.7. The van der Waals surface area contributed by atoms with Crippen molar-refractivity contribution < 1.29 is 0 Å². The second-order valence-corrected chi connectivity index (χ2v) is 25.0. The highest BCUT2D eigenvalue weighted by Gasteiger charge is 2.18. The average molecular weight is 1180 g/mol. The molecule has 91 heavy (non-hydrogen) atoms. The van der Waals surface area contributed by atoms with Crippen molar-refractivity contribution in [1.82, 2.24) is 9.97 Å². The van der Waals surface area contributed by atoms with Crippen LogP contribution in [0.15, 0.2) is 254 Å². The molecule has 1 atom stereocenters. The third-order valence-corrected chi connectivity index (χ3v) is 18.0. The van der Waals surface area contributed by atoms with Gasteiger partial charge >= 0.3 is 0 Å². The Balaban J connectivity index is 0.000000159. The van der Waals surface area contributed by atoms with Crippen LogP contribution in [0.3, 0.4) is 0 Å². The summed E-state index contributed by atoms with van der Waals surface area (Å²) in [7, 11) is 0. The number of nitrogens with two attached hydrogens (primary N) is 6. The number of rotatable bonds is 14. The van der Waals surface area contributed by atoms with E-state index in [1.54, 1.807) is 0 Å². The van der Waals surface area contributed by atoms with Gasteiger partial charge in [0.05, 0.1) is 22.1 Å². The average Bonchev–Trinajstić information content (AvgIpc) is 1.37. The summed E-state index contributed by atoms with van der Waals surface area (Å²) in [6.45, 7) is 0. The number of benzene rings is 11. The van der Waals surface area contributed by atoms with E-state index in [1.807, 2.05) is 72.8 Å². The number of aromatic nitrogens is 2. The molecule has 0 spiro atoms. The molecule has 2 aliphatic carbocycles. The van der Waals surface area contributed by atoms with Gasteiger partial charge in [0.2, 0.25) is 0 Å². The van der Waals surface area contributed by atoms with E-state index in [0.717, 1.165) is 152 Å². The quantitative estimate of drug-likeness (QED) is 0.0410. The molecule has 0 saturated heterocycles. The Morgan fingerprint density at radius 1 is 0.330 bits per heavy atom. The lowest BCUT2D eigenvalue weighted by Crippen LogP contribution is -2.08. The Morgan fingerprint density at radius 2 is 0.736 bits per heavy atom. The van der Waals surface area contributed by atoms with Crippen LogP contribution in [0.25, 0.3) is 43.6 Å². The molecular formula is C82H73N9. The summed E-state index contributed by atoms with van der Waals surface area (Å²) in [5, 5.41) is 7.80. The van der Waals surface area contributed by atoms with Gasteiger partial charge in [0, 0.05) is 67.0 Å². The molecule has 0 saturated carbocycles. The number of nitrogens with one attached hydrogen (secondary N) is 1. The maximum absolute atomic E-state index is 6.47. The third-order valence-electron chi connectivity index (χ3n) is 18.0. The van der Waals surface area contributed by atoms with Crippen LogP contribution in [0.2, 0.25) is 0 Å². The van der Waals surface area contributed by atoms with Crippen LogP contribution in [0.4, 0.5) is 45.5 Å². The molecule has 2 aliphatic rings. The first-order chi connectivity index (χ1) is 44.3. The van der Waals surface area contributed by atoms with Gasteiger partial charge < -0.3 is 39.7 Å². The molecule has 1 unspecified atom stereocenters. The van der Waals surface area contributed by atoms with Gasteiger partial charge in [0.1, 0.15) is 0 Å². The molecule has 0 fully saturated rings. The van der Waals surface area contributed by atoms with Crippen molar-refractivity contribution >= 4 is 89.1 Å².